The van der Waals surface area contributed by atoms with Crippen LogP contribution in [-0.2, 0) is 0 Å². The van der Waals surface area contributed by atoms with Crippen molar-refractivity contribution in [2.24, 2.45) is 0 Å². The van der Waals surface area contributed by atoms with E-state index in [2.05, 4.69) is 0 Å². The predicted molar refractivity (Wildman–Crippen MR) is 108 cm³/mol. The smallest absolute Gasteiger partial charge is 1.00 e. The van der Waals surface area contributed by atoms with E-state index in [1.165, 1.54) is 6.07 Å². The van der Waals surface area contributed by atoms with Gasteiger partial charge in [-0.2, -0.15) is 0 Å². The molecule has 0 radical (unpaired) electrons. The standard InChI is InChI=1S/C21H20ClNO5.ClH/c1-23-7-6-12(17(27)10-23)19-14(24)8-15(25)20-16(26)9-18(28-21(19)20)11-4-2-3-5-13(11)22;/h2-5,8-9,12,17,24-25,27H,6-7,10H2,1H3;1H. The molecule has 0 spiro atoms. The van der Waals surface area contributed by atoms with Gasteiger partial charge in [0.05, 0.1) is 11.1 Å². The van der Waals surface area contributed by atoms with Crippen molar-refractivity contribution >= 4 is 22.6 Å². The van der Waals surface area contributed by atoms with Gasteiger partial charge in [0, 0.05) is 35.7 Å². The summed E-state index contributed by atoms with van der Waals surface area (Å²) in [4.78, 5) is 14.8. The highest BCUT2D eigenvalue weighted by Gasteiger charge is 2.33. The molecule has 0 aliphatic carbocycles. The van der Waals surface area contributed by atoms with Crippen LogP contribution in [0.3, 0.4) is 0 Å². The van der Waals surface area contributed by atoms with Gasteiger partial charge in [0.1, 0.15) is 28.2 Å². The first kappa shape index (κ1) is 21.5. The third-order valence-electron chi connectivity index (χ3n) is 5.29. The van der Waals surface area contributed by atoms with Crippen LogP contribution in [0.4, 0.5) is 0 Å². The van der Waals surface area contributed by atoms with Gasteiger partial charge in [0.25, 0.3) is 0 Å². The first-order valence-electron chi connectivity index (χ1n) is 9.01. The van der Waals surface area contributed by atoms with Crippen molar-refractivity contribution in [1.29, 1.82) is 0 Å². The zero-order valence-electron chi connectivity index (χ0n) is 16.6. The fraction of sp³-hybridized carbons (Fsp3) is 0.286. The Morgan fingerprint density at radius 3 is 2.62 bits per heavy atom. The summed E-state index contributed by atoms with van der Waals surface area (Å²) in [6.45, 7) is 1.15. The van der Waals surface area contributed by atoms with Crippen molar-refractivity contribution in [1.82, 2.24) is 4.90 Å². The summed E-state index contributed by atoms with van der Waals surface area (Å²) in [6, 6.07) is 9.35. The second-order valence-corrected chi connectivity index (χ2v) is 7.62. The fourth-order valence-electron chi connectivity index (χ4n) is 3.90. The number of phenolic OH excluding ortho intramolecular Hbond substituents is 2. The summed E-state index contributed by atoms with van der Waals surface area (Å²) in [5, 5.41) is 31.8. The Morgan fingerprint density at radius 1 is 1.21 bits per heavy atom. The van der Waals surface area contributed by atoms with Crippen LogP contribution < -0.4 is 17.8 Å². The van der Waals surface area contributed by atoms with E-state index in [9.17, 15) is 20.1 Å². The summed E-state index contributed by atoms with van der Waals surface area (Å²) in [6.07, 6.45) is -0.169. The van der Waals surface area contributed by atoms with Gasteiger partial charge in [-0.1, -0.05) is 23.7 Å². The number of nitrogens with zero attached hydrogens (tertiary/aromatic N) is 1. The molecule has 1 aromatic heterocycles. The maximum Gasteiger partial charge on any atom is 1.00 e. The molecule has 6 nitrogen and oxygen atoms in total. The van der Waals surface area contributed by atoms with Gasteiger partial charge in [0.2, 0.25) is 0 Å². The molecule has 2 heterocycles. The third kappa shape index (κ3) is 3.81. The number of aliphatic hydroxyl groups is 1. The number of halogens is 2. The number of benzene rings is 2. The molecule has 8 heteroatoms. The Kier molecular flexibility index (Phi) is 6.10. The highest BCUT2D eigenvalue weighted by Crippen LogP contribution is 2.42. The molecule has 0 amide bonds. The van der Waals surface area contributed by atoms with Gasteiger partial charge in [-0.25, -0.2) is 0 Å². The van der Waals surface area contributed by atoms with E-state index in [-0.39, 0.29) is 42.1 Å². The molecule has 0 bridgehead atoms. The molecule has 1 saturated heterocycles. The number of rotatable bonds is 2. The zero-order chi connectivity index (χ0) is 20.0. The normalized spacial score (nSPS) is 19.8. The number of β-amino-alcohol motifs (C(OH)–C–C–N with tert-alkyl or cyclic N) is 1. The molecular formula is C21H21Cl2NO5. The van der Waals surface area contributed by atoms with E-state index in [0.29, 0.717) is 29.1 Å². The van der Waals surface area contributed by atoms with Crippen LogP contribution in [0, 0.1) is 0 Å². The first-order chi connectivity index (χ1) is 13.4. The SMILES string of the molecule is CN1CCC(c2c(O)cc(O)c3c(=O)cc(-c4ccccc4Cl)oc23)C(O)C1.[Cl-].[H+]. The van der Waals surface area contributed by atoms with Gasteiger partial charge in [-0.3, -0.25) is 4.79 Å². The molecular weight excluding hydrogens is 417 g/mol. The minimum atomic E-state index is -0.744. The number of phenols is 2. The van der Waals surface area contributed by atoms with Crippen LogP contribution >= 0.6 is 11.6 Å². The van der Waals surface area contributed by atoms with E-state index >= 15 is 0 Å². The zero-order valence-corrected chi connectivity index (χ0v) is 17.1. The number of piperidine rings is 1. The molecule has 0 saturated carbocycles. The average molecular weight is 438 g/mol. The second-order valence-electron chi connectivity index (χ2n) is 7.21. The highest BCUT2D eigenvalue weighted by atomic mass is 35.5. The Balaban J connectivity index is 0.00000160. The lowest BCUT2D eigenvalue weighted by molar-refractivity contribution is -0.0000111. The molecule has 4 rings (SSSR count). The molecule has 154 valence electrons. The lowest BCUT2D eigenvalue weighted by Crippen LogP contribution is -3.00. The Labute approximate surface area is 179 Å². The Bertz CT molecular complexity index is 1120. The van der Waals surface area contributed by atoms with Crippen LogP contribution in [0.5, 0.6) is 11.5 Å². The highest BCUT2D eigenvalue weighted by molar-refractivity contribution is 6.33. The van der Waals surface area contributed by atoms with Crippen molar-refractivity contribution < 1.29 is 33.6 Å². The molecule has 29 heavy (non-hydrogen) atoms. The van der Waals surface area contributed by atoms with E-state index in [1.807, 2.05) is 11.9 Å². The fourth-order valence-corrected chi connectivity index (χ4v) is 4.13. The predicted octanol–water partition coefficient (Wildman–Crippen LogP) is 0.421. The van der Waals surface area contributed by atoms with Gasteiger partial charge < -0.3 is 37.0 Å². The Morgan fingerprint density at radius 2 is 1.93 bits per heavy atom. The molecule has 3 N–H and O–H groups in total. The van der Waals surface area contributed by atoms with Gasteiger partial charge in [-0.05, 0) is 32.1 Å². The van der Waals surface area contributed by atoms with Crippen LogP contribution in [0.15, 0.2) is 45.6 Å². The summed E-state index contributed by atoms with van der Waals surface area (Å²) in [5.41, 5.74) is 0.492. The maximum absolute atomic E-state index is 12.8. The first-order valence-corrected chi connectivity index (χ1v) is 9.38. The number of likely N-dealkylation sites (N-methyl/N-ethyl adjacent to an activating group) is 1. The largest absolute Gasteiger partial charge is 1.00 e. The molecule has 2 atom stereocenters. The number of aliphatic hydroxyl groups excluding tert-OH is 1. The molecule has 3 aromatic rings. The van der Waals surface area contributed by atoms with E-state index in [1.54, 1.807) is 24.3 Å². The minimum Gasteiger partial charge on any atom is -1.00 e. The van der Waals surface area contributed by atoms with Crippen LogP contribution in [0.2, 0.25) is 5.02 Å². The van der Waals surface area contributed by atoms with Gasteiger partial charge >= 0.3 is 1.43 Å². The van der Waals surface area contributed by atoms with Crippen molar-refractivity contribution in [2.75, 3.05) is 20.1 Å². The minimum absolute atomic E-state index is 0. The van der Waals surface area contributed by atoms with Crippen LogP contribution in [-0.4, -0.2) is 46.5 Å². The van der Waals surface area contributed by atoms with Crippen LogP contribution in [0.25, 0.3) is 22.3 Å². The Hall–Kier alpha value is -2.25. The van der Waals surface area contributed by atoms with Crippen molar-refractivity contribution in [3.05, 3.63) is 57.2 Å². The van der Waals surface area contributed by atoms with E-state index in [4.69, 9.17) is 16.0 Å². The second kappa shape index (κ2) is 8.24. The molecule has 1 aliphatic heterocycles. The summed E-state index contributed by atoms with van der Waals surface area (Å²) < 4.78 is 6.00. The maximum atomic E-state index is 12.8. The average Bonchev–Trinajstić information content (AvgIpc) is 2.63. The summed E-state index contributed by atoms with van der Waals surface area (Å²) in [7, 11) is 1.91. The van der Waals surface area contributed by atoms with E-state index in [0.717, 1.165) is 12.6 Å². The number of fused-ring (bicyclic) bond motifs is 1. The van der Waals surface area contributed by atoms with Crippen LogP contribution in [0.1, 0.15) is 19.3 Å². The monoisotopic (exact) mass is 437 g/mol. The summed E-state index contributed by atoms with van der Waals surface area (Å²) >= 11 is 6.25. The molecule has 2 aromatic carbocycles. The number of hydrogen-bond donors (Lipinski definition) is 3. The third-order valence-corrected chi connectivity index (χ3v) is 5.62. The molecule has 2 unspecified atom stereocenters. The lowest BCUT2D eigenvalue weighted by Gasteiger charge is -2.34. The van der Waals surface area contributed by atoms with Gasteiger partial charge in [0.15, 0.2) is 5.43 Å². The van der Waals surface area contributed by atoms with Crippen molar-refractivity contribution in [3.8, 4) is 22.8 Å². The summed E-state index contributed by atoms with van der Waals surface area (Å²) in [5.74, 6) is -0.767. The number of likely N-dealkylation sites (tertiary alicyclic amines) is 1. The number of aromatic hydroxyl groups is 2. The van der Waals surface area contributed by atoms with Crippen molar-refractivity contribution in [2.45, 2.75) is 18.4 Å². The quantitative estimate of drug-likeness (QED) is 0.537. The molecule has 1 fully saturated rings. The topological polar surface area (TPSA) is 94.1 Å². The van der Waals surface area contributed by atoms with E-state index < -0.39 is 17.5 Å². The van der Waals surface area contributed by atoms with Gasteiger partial charge in [-0.15, -0.1) is 0 Å². The molecule has 1 aliphatic rings. The lowest BCUT2D eigenvalue weighted by atomic mass is 9.85. The van der Waals surface area contributed by atoms with Crippen molar-refractivity contribution in [3.63, 3.8) is 0 Å². The number of hydrogen-bond acceptors (Lipinski definition) is 6.